The highest BCUT2D eigenvalue weighted by atomic mass is 32.2. The molecule has 3 rings (SSSR count). The Bertz CT molecular complexity index is 851. The minimum absolute atomic E-state index is 0.167. The predicted octanol–water partition coefficient (Wildman–Crippen LogP) is 2.48. The molecule has 6 nitrogen and oxygen atoms in total. The van der Waals surface area contributed by atoms with E-state index in [0.29, 0.717) is 12.2 Å². The van der Waals surface area contributed by atoms with E-state index >= 15 is 0 Å². The van der Waals surface area contributed by atoms with Crippen LogP contribution in [0.4, 0.5) is 5.69 Å². The predicted molar refractivity (Wildman–Crippen MR) is 111 cm³/mol. The van der Waals surface area contributed by atoms with Gasteiger partial charge in [-0.25, -0.2) is 8.42 Å². The summed E-state index contributed by atoms with van der Waals surface area (Å²) in [6.45, 7) is 3.19. The molecule has 1 saturated heterocycles. The van der Waals surface area contributed by atoms with Crippen molar-refractivity contribution in [1.82, 2.24) is 10.2 Å². The molecule has 1 fully saturated rings. The Kier molecular flexibility index (Phi) is 7.06. The average Bonchev–Trinajstić information content (AvgIpc) is 2.74. The molecule has 1 aliphatic heterocycles. The SMILES string of the molecule is O=C(CN(c1ccccc1)S(=O)(=O)c1ccccc1)NCCN1CCCCC1. The maximum atomic E-state index is 13.1. The number of para-hydroxylation sites is 1. The van der Waals surface area contributed by atoms with Gasteiger partial charge >= 0.3 is 0 Å². The number of benzene rings is 2. The van der Waals surface area contributed by atoms with E-state index in [2.05, 4.69) is 10.2 Å². The summed E-state index contributed by atoms with van der Waals surface area (Å²) in [5, 5.41) is 2.87. The summed E-state index contributed by atoms with van der Waals surface area (Å²) < 4.78 is 27.4. The number of carbonyl (C=O) groups is 1. The molecular weight excluding hydrogens is 374 g/mol. The van der Waals surface area contributed by atoms with E-state index < -0.39 is 10.0 Å². The van der Waals surface area contributed by atoms with Crippen molar-refractivity contribution in [3.63, 3.8) is 0 Å². The Balaban J connectivity index is 1.68. The number of amides is 1. The van der Waals surface area contributed by atoms with Crippen LogP contribution < -0.4 is 9.62 Å². The van der Waals surface area contributed by atoms with Crippen LogP contribution in [-0.4, -0.2) is 51.9 Å². The second-order valence-electron chi connectivity index (χ2n) is 6.91. The molecule has 0 unspecified atom stereocenters. The number of piperidine rings is 1. The van der Waals surface area contributed by atoms with E-state index in [1.165, 1.54) is 23.6 Å². The maximum Gasteiger partial charge on any atom is 0.264 e. The van der Waals surface area contributed by atoms with Crippen LogP contribution >= 0.6 is 0 Å². The van der Waals surface area contributed by atoms with Crippen molar-refractivity contribution in [2.24, 2.45) is 0 Å². The maximum absolute atomic E-state index is 13.1. The molecule has 1 heterocycles. The van der Waals surface area contributed by atoms with Crippen molar-refractivity contribution in [1.29, 1.82) is 0 Å². The smallest absolute Gasteiger partial charge is 0.264 e. The van der Waals surface area contributed by atoms with Crippen molar-refractivity contribution in [2.45, 2.75) is 24.2 Å². The Morgan fingerprint density at radius 1 is 0.929 bits per heavy atom. The van der Waals surface area contributed by atoms with Gasteiger partial charge in [0.1, 0.15) is 6.54 Å². The third kappa shape index (κ3) is 5.33. The Morgan fingerprint density at radius 3 is 2.18 bits per heavy atom. The summed E-state index contributed by atoms with van der Waals surface area (Å²) in [7, 11) is -3.83. The molecule has 0 atom stereocenters. The first kappa shape index (κ1) is 20.4. The highest BCUT2D eigenvalue weighted by Gasteiger charge is 2.26. The highest BCUT2D eigenvalue weighted by Crippen LogP contribution is 2.23. The molecule has 7 heteroatoms. The Hall–Kier alpha value is -2.38. The van der Waals surface area contributed by atoms with Gasteiger partial charge in [-0.05, 0) is 50.2 Å². The largest absolute Gasteiger partial charge is 0.353 e. The number of nitrogens with one attached hydrogen (secondary N) is 1. The fraction of sp³-hybridized carbons (Fsp3) is 0.381. The Labute approximate surface area is 167 Å². The van der Waals surface area contributed by atoms with Crippen LogP contribution in [0.15, 0.2) is 65.6 Å². The van der Waals surface area contributed by atoms with E-state index in [-0.39, 0.29) is 17.3 Å². The number of likely N-dealkylation sites (tertiary alicyclic amines) is 1. The van der Waals surface area contributed by atoms with Crippen molar-refractivity contribution in [3.8, 4) is 0 Å². The van der Waals surface area contributed by atoms with Gasteiger partial charge in [0.25, 0.3) is 10.0 Å². The summed E-state index contributed by atoms with van der Waals surface area (Å²) in [5.74, 6) is -0.305. The minimum atomic E-state index is -3.83. The van der Waals surface area contributed by atoms with Gasteiger partial charge in [-0.2, -0.15) is 0 Å². The molecule has 28 heavy (non-hydrogen) atoms. The molecule has 0 aliphatic carbocycles. The highest BCUT2D eigenvalue weighted by molar-refractivity contribution is 7.92. The van der Waals surface area contributed by atoms with E-state index in [4.69, 9.17) is 0 Å². The molecule has 0 bridgehead atoms. The standard InChI is InChI=1S/C21H27N3O3S/c25-21(22-14-17-23-15-8-3-9-16-23)18-24(19-10-4-1-5-11-19)28(26,27)20-12-6-2-7-13-20/h1-2,4-7,10-13H,3,8-9,14-18H2,(H,22,25). The van der Waals surface area contributed by atoms with E-state index in [0.717, 1.165) is 19.6 Å². The van der Waals surface area contributed by atoms with Gasteiger partial charge in [0.05, 0.1) is 10.6 Å². The van der Waals surface area contributed by atoms with E-state index in [9.17, 15) is 13.2 Å². The van der Waals surface area contributed by atoms with Gasteiger partial charge in [0.15, 0.2) is 0 Å². The molecular formula is C21H27N3O3S. The van der Waals surface area contributed by atoms with Gasteiger partial charge in [0, 0.05) is 13.1 Å². The molecule has 150 valence electrons. The van der Waals surface area contributed by atoms with Crippen LogP contribution in [0.5, 0.6) is 0 Å². The lowest BCUT2D eigenvalue weighted by molar-refractivity contribution is -0.119. The van der Waals surface area contributed by atoms with E-state index in [1.54, 1.807) is 54.6 Å². The van der Waals surface area contributed by atoms with Gasteiger partial charge in [-0.3, -0.25) is 9.10 Å². The number of hydrogen-bond acceptors (Lipinski definition) is 4. The molecule has 0 aromatic heterocycles. The zero-order chi connectivity index (χ0) is 19.8. The van der Waals surface area contributed by atoms with Crippen LogP contribution in [0.3, 0.4) is 0 Å². The molecule has 0 radical (unpaired) electrons. The zero-order valence-electron chi connectivity index (χ0n) is 16.0. The van der Waals surface area contributed by atoms with Crippen molar-refractivity contribution in [2.75, 3.05) is 37.0 Å². The number of sulfonamides is 1. The first-order valence-electron chi connectivity index (χ1n) is 9.69. The fourth-order valence-corrected chi connectivity index (χ4v) is 4.79. The Morgan fingerprint density at radius 2 is 1.54 bits per heavy atom. The topological polar surface area (TPSA) is 69.7 Å². The summed E-state index contributed by atoms with van der Waals surface area (Å²) in [5.41, 5.74) is 0.470. The lowest BCUT2D eigenvalue weighted by Gasteiger charge is -2.27. The fourth-order valence-electron chi connectivity index (χ4n) is 3.35. The molecule has 2 aromatic carbocycles. The molecule has 2 aromatic rings. The first-order chi connectivity index (χ1) is 13.6. The lowest BCUT2D eigenvalue weighted by Crippen LogP contribution is -2.43. The molecule has 1 N–H and O–H groups in total. The zero-order valence-corrected chi connectivity index (χ0v) is 16.8. The molecule has 0 spiro atoms. The molecule has 0 saturated carbocycles. The number of carbonyl (C=O) groups excluding carboxylic acids is 1. The van der Waals surface area contributed by atoms with Crippen LogP contribution in [0.25, 0.3) is 0 Å². The summed E-state index contributed by atoms with van der Waals surface area (Å²) in [4.78, 5) is 15.0. The van der Waals surface area contributed by atoms with Gasteiger partial charge in [-0.1, -0.05) is 42.8 Å². The van der Waals surface area contributed by atoms with Crippen LogP contribution in [0.1, 0.15) is 19.3 Å². The summed E-state index contributed by atoms with van der Waals surface area (Å²) >= 11 is 0. The minimum Gasteiger partial charge on any atom is -0.353 e. The third-order valence-corrected chi connectivity index (χ3v) is 6.65. The monoisotopic (exact) mass is 401 g/mol. The van der Waals surface area contributed by atoms with Crippen LogP contribution in [0.2, 0.25) is 0 Å². The second-order valence-corrected chi connectivity index (χ2v) is 8.77. The van der Waals surface area contributed by atoms with Crippen molar-refractivity contribution in [3.05, 3.63) is 60.7 Å². The molecule has 1 amide bonds. The van der Waals surface area contributed by atoms with Crippen LogP contribution in [0, 0.1) is 0 Å². The normalized spacial score (nSPS) is 15.1. The van der Waals surface area contributed by atoms with Gasteiger partial charge in [0.2, 0.25) is 5.91 Å². The van der Waals surface area contributed by atoms with E-state index in [1.807, 2.05) is 6.07 Å². The number of anilines is 1. The average molecular weight is 402 g/mol. The van der Waals surface area contributed by atoms with Crippen LogP contribution in [-0.2, 0) is 14.8 Å². The first-order valence-corrected chi connectivity index (χ1v) is 11.1. The summed E-state index contributed by atoms with van der Waals surface area (Å²) in [6.07, 6.45) is 3.67. The van der Waals surface area contributed by atoms with Gasteiger partial charge in [-0.15, -0.1) is 0 Å². The van der Waals surface area contributed by atoms with Crippen molar-refractivity contribution >= 4 is 21.6 Å². The molecule has 1 aliphatic rings. The van der Waals surface area contributed by atoms with Gasteiger partial charge < -0.3 is 10.2 Å². The second kappa shape index (κ2) is 9.71. The number of hydrogen-bond donors (Lipinski definition) is 1. The third-order valence-electron chi connectivity index (χ3n) is 4.86. The quantitative estimate of drug-likeness (QED) is 0.738. The number of rotatable bonds is 8. The van der Waals surface area contributed by atoms with Crippen molar-refractivity contribution < 1.29 is 13.2 Å². The number of nitrogens with zero attached hydrogens (tertiary/aromatic N) is 2. The summed E-state index contributed by atoms with van der Waals surface area (Å²) in [6, 6.07) is 16.9. The lowest BCUT2D eigenvalue weighted by atomic mass is 10.1.